The van der Waals surface area contributed by atoms with Gasteiger partial charge in [-0.1, -0.05) is 0 Å². The van der Waals surface area contributed by atoms with Gasteiger partial charge < -0.3 is 9.84 Å². The van der Waals surface area contributed by atoms with Crippen molar-refractivity contribution in [1.82, 2.24) is 9.78 Å². The Morgan fingerprint density at radius 2 is 1.83 bits per heavy atom. The molecule has 1 heterocycles. The van der Waals surface area contributed by atoms with Crippen LogP contribution in [0.25, 0.3) is 0 Å². The van der Waals surface area contributed by atoms with E-state index in [1.54, 1.807) is 0 Å². The third kappa shape index (κ3) is 4.78. The van der Waals surface area contributed by atoms with Crippen molar-refractivity contribution in [2.75, 3.05) is 6.61 Å². The quantitative estimate of drug-likeness (QED) is 0.849. The maximum atomic E-state index is 12.7. The average Bonchev–Trinajstić information content (AvgIpc) is 2.48. The van der Waals surface area contributed by atoms with E-state index in [0.717, 1.165) is 18.2 Å². The molecule has 0 amide bonds. The molecule has 2 rings (SSSR count). The van der Waals surface area contributed by atoms with E-state index in [1.807, 2.05) is 0 Å². The summed E-state index contributed by atoms with van der Waals surface area (Å²) in [5.74, 6) is -0.188. The number of hydrogen-bond acceptors (Lipinski definition) is 4. The Hall–Kier alpha value is -2.42. The summed E-state index contributed by atoms with van der Waals surface area (Å²) in [6, 6.07) is 6.26. The minimum atomic E-state index is -4.69. The third-order valence-corrected chi connectivity index (χ3v) is 2.80. The highest BCUT2D eigenvalue weighted by Gasteiger charge is 2.33. The molecular weight excluding hydrogens is 320 g/mol. The molecule has 1 N–H and O–H groups in total. The summed E-state index contributed by atoms with van der Waals surface area (Å²) < 4.78 is 56.0. The molecule has 23 heavy (non-hydrogen) atoms. The van der Waals surface area contributed by atoms with E-state index in [-0.39, 0.29) is 12.4 Å². The number of rotatable bonds is 5. The van der Waals surface area contributed by atoms with Crippen LogP contribution in [-0.4, -0.2) is 27.6 Å². The number of halogens is 4. The zero-order valence-electron chi connectivity index (χ0n) is 11.6. The monoisotopic (exact) mass is 332 g/mol. The van der Waals surface area contributed by atoms with Gasteiger partial charge in [-0.05, 0) is 30.3 Å². The van der Waals surface area contributed by atoms with Crippen LogP contribution in [0.3, 0.4) is 0 Å². The number of aliphatic hydroxyl groups excluding tert-OH is 1. The van der Waals surface area contributed by atoms with Crippen LogP contribution >= 0.6 is 0 Å². The molecule has 1 unspecified atom stereocenters. The summed E-state index contributed by atoms with van der Waals surface area (Å²) in [6.07, 6.45) is -5.96. The lowest BCUT2D eigenvalue weighted by Gasteiger charge is -2.14. The van der Waals surface area contributed by atoms with E-state index in [9.17, 15) is 27.5 Å². The molecule has 1 aromatic heterocycles. The van der Waals surface area contributed by atoms with Gasteiger partial charge in [0.25, 0.3) is 5.56 Å². The Bertz CT molecular complexity index is 713. The fourth-order valence-electron chi connectivity index (χ4n) is 1.71. The lowest BCUT2D eigenvalue weighted by Crippen LogP contribution is -2.33. The Kier molecular flexibility index (Phi) is 4.99. The van der Waals surface area contributed by atoms with Crippen LogP contribution < -0.4 is 10.3 Å². The number of ether oxygens (including phenoxy) is 1. The highest BCUT2D eigenvalue weighted by molar-refractivity contribution is 5.22. The van der Waals surface area contributed by atoms with E-state index in [0.29, 0.717) is 10.7 Å². The molecule has 0 aliphatic carbocycles. The lowest BCUT2D eigenvalue weighted by molar-refractivity contribution is -0.142. The van der Waals surface area contributed by atoms with Gasteiger partial charge in [0.1, 0.15) is 24.3 Å². The summed E-state index contributed by atoms with van der Waals surface area (Å²) >= 11 is 0. The van der Waals surface area contributed by atoms with Crippen molar-refractivity contribution in [3.05, 3.63) is 58.3 Å². The first-order valence-electron chi connectivity index (χ1n) is 6.47. The SMILES string of the molecule is O=c1ccc(C(F)(F)F)nn1CC(O)COc1ccc(F)cc1. The van der Waals surface area contributed by atoms with Crippen LogP contribution in [0.5, 0.6) is 5.75 Å². The molecule has 1 aromatic carbocycles. The molecular formula is C14H12F4N2O3. The van der Waals surface area contributed by atoms with Crippen LogP contribution in [0.4, 0.5) is 17.6 Å². The molecule has 0 aliphatic rings. The molecule has 124 valence electrons. The summed E-state index contributed by atoms with van der Waals surface area (Å²) in [5.41, 5.74) is -2.01. The minimum absolute atomic E-state index is 0.273. The lowest BCUT2D eigenvalue weighted by atomic mass is 10.3. The number of aliphatic hydroxyl groups is 1. The standard InChI is InChI=1S/C14H12F4N2O3/c15-9-1-3-11(4-2-9)23-8-10(21)7-20-13(22)6-5-12(19-20)14(16,17)18/h1-6,10,21H,7-8H2. The zero-order valence-corrected chi connectivity index (χ0v) is 11.6. The van der Waals surface area contributed by atoms with Gasteiger partial charge in [0, 0.05) is 6.07 Å². The highest BCUT2D eigenvalue weighted by Crippen LogP contribution is 2.26. The summed E-state index contributed by atoms with van der Waals surface area (Å²) in [7, 11) is 0. The molecule has 0 bridgehead atoms. The molecule has 0 fully saturated rings. The van der Waals surface area contributed by atoms with Crippen LogP contribution in [0, 0.1) is 5.82 Å². The number of aromatic nitrogens is 2. The predicted octanol–water partition coefficient (Wildman–Crippen LogP) is 1.84. The summed E-state index contributed by atoms with van der Waals surface area (Å²) in [5, 5.41) is 12.9. The van der Waals surface area contributed by atoms with Gasteiger partial charge in [0.05, 0.1) is 6.54 Å². The van der Waals surface area contributed by atoms with Crippen LogP contribution in [0.2, 0.25) is 0 Å². The first-order valence-corrected chi connectivity index (χ1v) is 6.47. The number of alkyl halides is 3. The third-order valence-electron chi connectivity index (χ3n) is 2.80. The second-order valence-corrected chi connectivity index (χ2v) is 4.66. The van der Waals surface area contributed by atoms with Crippen LogP contribution in [0.15, 0.2) is 41.2 Å². The van der Waals surface area contributed by atoms with Gasteiger partial charge in [-0.2, -0.15) is 18.3 Å². The Morgan fingerprint density at radius 3 is 2.43 bits per heavy atom. The van der Waals surface area contributed by atoms with Gasteiger partial charge >= 0.3 is 6.18 Å². The van der Waals surface area contributed by atoms with E-state index in [1.165, 1.54) is 12.1 Å². The van der Waals surface area contributed by atoms with E-state index < -0.39 is 35.9 Å². The second kappa shape index (κ2) is 6.78. The van der Waals surface area contributed by atoms with Gasteiger partial charge in [0.2, 0.25) is 0 Å². The Labute approximate surface area is 127 Å². The molecule has 0 radical (unpaired) electrons. The van der Waals surface area contributed by atoms with E-state index in [2.05, 4.69) is 5.10 Å². The highest BCUT2D eigenvalue weighted by atomic mass is 19.4. The van der Waals surface area contributed by atoms with Crippen LogP contribution in [0.1, 0.15) is 5.69 Å². The molecule has 0 saturated carbocycles. The molecule has 2 aromatic rings. The van der Waals surface area contributed by atoms with Gasteiger partial charge in [-0.3, -0.25) is 4.79 Å². The molecule has 5 nitrogen and oxygen atoms in total. The first-order chi connectivity index (χ1) is 10.8. The maximum Gasteiger partial charge on any atom is 0.435 e. The summed E-state index contributed by atoms with van der Waals surface area (Å²) in [4.78, 5) is 11.5. The van der Waals surface area contributed by atoms with Crippen molar-refractivity contribution < 1.29 is 27.4 Å². The Morgan fingerprint density at radius 1 is 1.17 bits per heavy atom. The summed E-state index contributed by atoms with van der Waals surface area (Å²) in [6.45, 7) is -0.764. The van der Waals surface area contributed by atoms with E-state index in [4.69, 9.17) is 4.74 Å². The van der Waals surface area contributed by atoms with Crippen LogP contribution in [-0.2, 0) is 12.7 Å². The zero-order chi connectivity index (χ0) is 17.0. The number of hydrogen-bond donors (Lipinski definition) is 1. The topological polar surface area (TPSA) is 64.4 Å². The molecule has 0 saturated heterocycles. The largest absolute Gasteiger partial charge is 0.491 e. The molecule has 9 heteroatoms. The second-order valence-electron chi connectivity index (χ2n) is 4.66. The number of nitrogens with zero attached hydrogens (tertiary/aromatic N) is 2. The van der Waals surface area contributed by atoms with E-state index >= 15 is 0 Å². The molecule has 1 atom stereocenters. The molecule has 0 aliphatic heterocycles. The van der Waals surface area contributed by atoms with Gasteiger partial charge in [-0.15, -0.1) is 0 Å². The van der Waals surface area contributed by atoms with Crippen molar-refractivity contribution in [3.63, 3.8) is 0 Å². The normalized spacial score (nSPS) is 12.9. The fraction of sp³-hybridized carbons (Fsp3) is 0.286. The smallest absolute Gasteiger partial charge is 0.435 e. The average molecular weight is 332 g/mol. The van der Waals surface area contributed by atoms with Crippen molar-refractivity contribution in [2.45, 2.75) is 18.8 Å². The van der Waals surface area contributed by atoms with Gasteiger partial charge in [0.15, 0.2) is 5.69 Å². The first kappa shape index (κ1) is 16.9. The van der Waals surface area contributed by atoms with Crippen molar-refractivity contribution in [3.8, 4) is 5.75 Å². The predicted molar refractivity (Wildman–Crippen MR) is 71.4 cm³/mol. The van der Waals surface area contributed by atoms with Crippen molar-refractivity contribution >= 4 is 0 Å². The maximum absolute atomic E-state index is 12.7. The molecule has 0 spiro atoms. The van der Waals surface area contributed by atoms with Crippen molar-refractivity contribution in [2.24, 2.45) is 0 Å². The minimum Gasteiger partial charge on any atom is -0.491 e. The Balaban J connectivity index is 2.01. The van der Waals surface area contributed by atoms with Crippen molar-refractivity contribution in [1.29, 1.82) is 0 Å². The number of benzene rings is 1. The van der Waals surface area contributed by atoms with Gasteiger partial charge in [-0.25, -0.2) is 9.07 Å². The fourth-order valence-corrected chi connectivity index (χ4v) is 1.71.